The highest BCUT2D eigenvalue weighted by Crippen LogP contribution is 2.56. The Morgan fingerprint density at radius 3 is 1.80 bits per heavy atom. The van der Waals surface area contributed by atoms with Gasteiger partial charge in [0.2, 0.25) is 0 Å². The molecule has 12 rings (SSSR count). The molecule has 0 aromatic carbocycles. The Bertz CT molecular complexity index is 1630. The molecular formula is C42H49F3O10. The van der Waals surface area contributed by atoms with Crippen LogP contribution in [-0.4, -0.2) is 77.4 Å². The van der Waals surface area contributed by atoms with Crippen LogP contribution in [0.5, 0.6) is 0 Å². The maximum absolute atomic E-state index is 12.5. The van der Waals surface area contributed by atoms with Gasteiger partial charge in [-0.3, -0.25) is 19.2 Å². The van der Waals surface area contributed by atoms with Gasteiger partial charge in [-0.25, -0.2) is 0 Å². The summed E-state index contributed by atoms with van der Waals surface area (Å²) in [5.74, 6) is 2.72. The molecule has 13 heteroatoms. The number of ether oxygens (including phenoxy) is 5. The highest BCUT2D eigenvalue weighted by Gasteiger charge is 2.66. The number of carbonyl (C=O) groups excluding carboxylic acids is 4. The summed E-state index contributed by atoms with van der Waals surface area (Å²) in [5.41, 5.74) is -2.53. The molecule has 12 aliphatic rings. The lowest BCUT2D eigenvalue weighted by Crippen LogP contribution is -2.44. The van der Waals surface area contributed by atoms with Crippen LogP contribution in [-0.2, 0) is 42.9 Å². The summed E-state index contributed by atoms with van der Waals surface area (Å²) in [7, 11) is 0. The molecule has 9 fully saturated rings. The Kier molecular flexibility index (Phi) is 8.49. The highest BCUT2D eigenvalue weighted by molar-refractivity contribution is 5.79. The number of allylic oxidation sites excluding steroid dienone is 6. The predicted molar refractivity (Wildman–Crippen MR) is 184 cm³/mol. The smallest absolute Gasteiger partial charge is 0.416 e. The number of rotatable bonds is 6. The first-order valence-electron chi connectivity index (χ1n) is 20.5. The molecule has 10 bridgehead atoms. The van der Waals surface area contributed by atoms with Gasteiger partial charge in [0.15, 0.2) is 17.8 Å². The topological polar surface area (TPSA) is 135 Å². The molecule has 298 valence electrons. The first kappa shape index (κ1) is 36.2. The summed E-state index contributed by atoms with van der Waals surface area (Å²) in [6.45, 7) is 0.878. The first-order valence-corrected chi connectivity index (χ1v) is 20.5. The second-order valence-electron chi connectivity index (χ2n) is 18.9. The van der Waals surface area contributed by atoms with E-state index >= 15 is 0 Å². The van der Waals surface area contributed by atoms with Crippen LogP contribution in [0.2, 0.25) is 0 Å². The molecule has 20 atom stereocenters. The van der Waals surface area contributed by atoms with Gasteiger partial charge in [-0.1, -0.05) is 36.5 Å². The van der Waals surface area contributed by atoms with E-state index in [4.69, 9.17) is 23.7 Å². The second kappa shape index (κ2) is 12.9. The number of carbonyl (C=O) groups is 4. The van der Waals surface area contributed by atoms with Crippen molar-refractivity contribution in [3.8, 4) is 0 Å². The summed E-state index contributed by atoms with van der Waals surface area (Å²) < 4.78 is 65.4. The predicted octanol–water partition coefficient (Wildman–Crippen LogP) is 5.42. The molecular weight excluding hydrogens is 721 g/mol. The zero-order valence-corrected chi connectivity index (χ0v) is 30.8. The van der Waals surface area contributed by atoms with Crippen LogP contribution >= 0.6 is 0 Å². The Balaban J connectivity index is 0.000000103. The van der Waals surface area contributed by atoms with Gasteiger partial charge in [0.05, 0.1) is 29.8 Å². The molecule has 5 saturated carbocycles. The van der Waals surface area contributed by atoms with Crippen molar-refractivity contribution in [2.24, 2.45) is 76.9 Å². The highest BCUT2D eigenvalue weighted by atomic mass is 19.4. The van der Waals surface area contributed by atoms with Crippen molar-refractivity contribution in [3.63, 3.8) is 0 Å². The summed E-state index contributed by atoms with van der Waals surface area (Å²) >= 11 is 0. The van der Waals surface area contributed by atoms with Gasteiger partial charge in [0.25, 0.3) is 0 Å². The largest absolute Gasteiger partial charge is 0.458 e. The van der Waals surface area contributed by atoms with Gasteiger partial charge in [0, 0.05) is 11.8 Å². The summed E-state index contributed by atoms with van der Waals surface area (Å²) in [4.78, 5) is 48.1. The SMILES string of the molecule is CC(O)(CC1CC2C=CC1C2)C(F)(F)F.O=C(OC1C2CC3C(=O)OC1C3C2)C1CC2C=CC1C2.O=C(OC1C2CC3C(=O)OC1C3O2)C1CC2C=CC1C2. The zero-order valence-electron chi connectivity index (χ0n) is 30.8. The van der Waals surface area contributed by atoms with Crippen molar-refractivity contribution in [1.82, 2.24) is 0 Å². The number of alkyl halides is 3. The molecule has 0 aromatic heterocycles. The number of halogens is 3. The van der Waals surface area contributed by atoms with Crippen LogP contribution in [0.4, 0.5) is 13.2 Å². The molecule has 10 nitrogen and oxygen atoms in total. The number of aliphatic hydroxyl groups is 1. The molecule has 20 unspecified atom stereocenters. The van der Waals surface area contributed by atoms with Crippen molar-refractivity contribution in [2.45, 2.75) is 120 Å². The van der Waals surface area contributed by atoms with Crippen LogP contribution in [0.25, 0.3) is 0 Å². The lowest BCUT2D eigenvalue weighted by atomic mass is 9.83. The van der Waals surface area contributed by atoms with Crippen molar-refractivity contribution >= 4 is 23.9 Å². The van der Waals surface area contributed by atoms with E-state index < -0.39 is 17.9 Å². The van der Waals surface area contributed by atoms with Gasteiger partial charge < -0.3 is 28.8 Å². The molecule has 0 radical (unpaired) electrons. The number of hydrogen-bond donors (Lipinski definition) is 1. The molecule has 55 heavy (non-hydrogen) atoms. The fourth-order valence-corrected chi connectivity index (χ4v) is 12.7. The Morgan fingerprint density at radius 1 is 0.691 bits per heavy atom. The van der Waals surface area contributed by atoms with E-state index in [0.29, 0.717) is 47.8 Å². The van der Waals surface area contributed by atoms with Crippen molar-refractivity contribution in [2.75, 3.05) is 0 Å². The third-order valence-electron chi connectivity index (χ3n) is 15.6. The van der Waals surface area contributed by atoms with Crippen LogP contribution < -0.4 is 0 Å². The Morgan fingerprint density at radius 2 is 1.25 bits per heavy atom. The van der Waals surface area contributed by atoms with Crippen LogP contribution in [0.15, 0.2) is 36.5 Å². The van der Waals surface area contributed by atoms with Crippen molar-refractivity contribution in [3.05, 3.63) is 36.5 Å². The maximum atomic E-state index is 12.5. The molecule has 0 aromatic rings. The quantitative estimate of drug-likeness (QED) is 0.212. The van der Waals surface area contributed by atoms with E-state index in [2.05, 4.69) is 30.4 Å². The van der Waals surface area contributed by atoms with Gasteiger partial charge in [-0.15, -0.1) is 0 Å². The van der Waals surface area contributed by atoms with E-state index in [1.165, 1.54) is 0 Å². The summed E-state index contributed by atoms with van der Waals surface area (Å²) in [5, 5.41) is 9.39. The monoisotopic (exact) mass is 770 g/mol. The van der Waals surface area contributed by atoms with E-state index in [1.54, 1.807) is 0 Å². The van der Waals surface area contributed by atoms with Crippen LogP contribution in [0.3, 0.4) is 0 Å². The number of hydrogen-bond acceptors (Lipinski definition) is 10. The molecule has 0 amide bonds. The molecule has 1 N–H and O–H groups in total. The average molecular weight is 771 g/mol. The number of fused-ring (bicyclic) bond motifs is 8. The van der Waals surface area contributed by atoms with Gasteiger partial charge in [0.1, 0.15) is 18.3 Å². The lowest BCUT2D eigenvalue weighted by Gasteiger charge is -2.31. The molecule has 4 saturated heterocycles. The third kappa shape index (κ3) is 6.02. The zero-order chi connectivity index (χ0) is 38.1. The fraction of sp³-hybridized carbons (Fsp3) is 0.762. The summed E-state index contributed by atoms with van der Waals surface area (Å²) in [6.07, 6.45) is 15.0. The molecule has 8 aliphatic carbocycles. The van der Waals surface area contributed by atoms with Crippen LogP contribution in [0.1, 0.15) is 71.1 Å². The van der Waals surface area contributed by atoms with E-state index in [0.717, 1.165) is 58.3 Å². The second-order valence-corrected chi connectivity index (χ2v) is 18.9. The van der Waals surface area contributed by atoms with Gasteiger partial charge in [-0.05, 0) is 113 Å². The lowest BCUT2D eigenvalue weighted by molar-refractivity contribution is -0.259. The fourth-order valence-electron chi connectivity index (χ4n) is 12.7. The normalized spacial score (nSPS) is 49.5. The van der Waals surface area contributed by atoms with E-state index in [-0.39, 0.29) is 96.3 Å². The average Bonchev–Trinajstić information content (AvgIpc) is 3.99. The molecule has 0 spiro atoms. The minimum Gasteiger partial charge on any atom is -0.458 e. The first-order chi connectivity index (χ1) is 26.2. The van der Waals surface area contributed by atoms with Crippen molar-refractivity contribution in [1.29, 1.82) is 0 Å². The molecule has 4 heterocycles. The number of esters is 4. The third-order valence-corrected chi connectivity index (χ3v) is 15.6. The minimum atomic E-state index is -4.52. The molecule has 4 aliphatic heterocycles. The standard InChI is InChI=1S/C16H18O4.C15H16O5.C11H15F3O/c17-15(10-4-7-1-2-8(10)3-7)19-13-9-5-11-12(6-9)16(18)20-14(11)13;16-14(8-4-6-1-2-7(8)3-6)19-12-10-5-9-11(18-10)13(12)20-15(9)17;1-10(15,11(12,13)14)6-9-5-7-2-3-8(9)4-7/h1-2,7-14H,3-6H2;1-2,6-13H,3-5H2;2-3,7-9,15H,4-6H2,1H3. The van der Waals surface area contributed by atoms with E-state index in [9.17, 15) is 37.5 Å². The van der Waals surface area contributed by atoms with E-state index in [1.807, 2.05) is 6.08 Å². The van der Waals surface area contributed by atoms with Crippen molar-refractivity contribution < 1.29 is 61.1 Å². The maximum Gasteiger partial charge on any atom is 0.416 e. The Labute approximate surface area is 317 Å². The minimum absolute atomic E-state index is 0.00313. The van der Waals surface area contributed by atoms with Crippen LogP contribution in [0, 0.1) is 76.9 Å². The van der Waals surface area contributed by atoms with Gasteiger partial charge >= 0.3 is 30.1 Å². The summed E-state index contributed by atoms with van der Waals surface area (Å²) in [6, 6.07) is 0. The Hall–Kier alpha value is -3.19. The van der Waals surface area contributed by atoms with Gasteiger partial charge in [-0.2, -0.15) is 13.2 Å².